The number of nitrogens with one attached hydrogen (secondary N) is 1. The molecule has 1 aromatic heterocycles. The van der Waals surface area contributed by atoms with Gasteiger partial charge < -0.3 is 9.88 Å². The molecule has 4 heteroatoms. The third-order valence-electron chi connectivity index (χ3n) is 2.65. The van der Waals surface area contributed by atoms with E-state index in [1.165, 1.54) is 0 Å². The highest BCUT2D eigenvalue weighted by atomic mass is 79.9. The molecule has 1 aliphatic rings. The smallest absolute Gasteiger partial charge is 0.268 e. The Morgan fingerprint density at radius 1 is 1.64 bits per heavy atom. The lowest BCUT2D eigenvalue weighted by atomic mass is 10.0. The fourth-order valence-corrected chi connectivity index (χ4v) is 2.28. The van der Waals surface area contributed by atoms with E-state index in [0.29, 0.717) is 12.0 Å². The van der Waals surface area contributed by atoms with Crippen molar-refractivity contribution in [3.63, 3.8) is 0 Å². The van der Waals surface area contributed by atoms with Crippen LogP contribution < -0.4 is 5.32 Å². The van der Waals surface area contributed by atoms with Gasteiger partial charge in [-0.25, -0.2) is 0 Å². The predicted octanol–water partition coefficient (Wildman–Crippen LogP) is 2.19. The largest absolute Gasteiger partial charge is 0.349 e. The first-order valence-electron chi connectivity index (χ1n) is 4.75. The lowest BCUT2D eigenvalue weighted by molar-refractivity contribution is 0.0905. The monoisotopic (exact) mass is 256 g/mol. The first-order valence-corrected chi connectivity index (χ1v) is 5.54. The van der Waals surface area contributed by atoms with E-state index in [1.54, 1.807) is 0 Å². The molecule has 1 amide bonds. The zero-order valence-electron chi connectivity index (χ0n) is 8.25. The molecule has 76 valence electrons. The lowest BCUT2D eigenvalue weighted by Crippen LogP contribution is -2.40. The second kappa shape index (κ2) is 3.42. The number of carbonyl (C=O) groups is 1. The molecule has 0 bridgehead atoms. The Bertz CT molecular complexity index is 370. The minimum Gasteiger partial charge on any atom is -0.349 e. The molecule has 2 rings (SSSR count). The predicted molar refractivity (Wildman–Crippen MR) is 58.3 cm³/mol. The van der Waals surface area contributed by atoms with E-state index in [-0.39, 0.29) is 5.91 Å². The number of carbonyl (C=O) groups excluding carboxylic acids is 1. The van der Waals surface area contributed by atoms with Gasteiger partial charge in [0.1, 0.15) is 5.69 Å². The maximum atomic E-state index is 11.5. The highest BCUT2D eigenvalue weighted by Gasteiger charge is 2.26. The summed E-state index contributed by atoms with van der Waals surface area (Å²) in [6, 6.07) is 2.23. The van der Waals surface area contributed by atoms with Gasteiger partial charge in [0.05, 0.1) is 6.04 Å². The summed E-state index contributed by atoms with van der Waals surface area (Å²) in [6.45, 7) is 5.06. The van der Waals surface area contributed by atoms with Crippen molar-refractivity contribution in [2.75, 3.05) is 6.54 Å². The number of hydrogen-bond donors (Lipinski definition) is 1. The highest BCUT2D eigenvalue weighted by Crippen LogP contribution is 2.26. The molecule has 3 nitrogen and oxygen atoms in total. The normalized spacial score (nSPS) is 20.9. The van der Waals surface area contributed by atoms with Gasteiger partial charge in [-0.1, -0.05) is 13.8 Å². The van der Waals surface area contributed by atoms with Crippen LogP contribution in [0.3, 0.4) is 0 Å². The summed E-state index contributed by atoms with van der Waals surface area (Å²) in [6.07, 6.45) is 1.98. The van der Waals surface area contributed by atoms with Gasteiger partial charge in [-0.05, 0) is 27.9 Å². The summed E-state index contributed by atoms with van der Waals surface area (Å²) in [5.74, 6) is 0.543. The lowest BCUT2D eigenvalue weighted by Gasteiger charge is -2.29. The average molecular weight is 257 g/mol. The van der Waals surface area contributed by atoms with Gasteiger partial charge in [0.2, 0.25) is 0 Å². The van der Waals surface area contributed by atoms with E-state index in [2.05, 4.69) is 39.7 Å². The minimum atomic E-state index is 0.0209. The van der Waals surface area contributed by atoms with Crippen molar-refractivity contribution in [2.45, 2.75) is 19.9 Å². The highest BCUT2D eigenvalue weighted by molar-refractivity contribution is 9.10. The number of rotatable bonds is 1. The van der Waals surface area contributed by atoms with Crippen molar-refractivity contribution in [2.24, 2.45) is 5.92 Å². The molecule has 14 heavy (non-hydrogen) atoms. The second-order valence-electron chi connectivity index (χ2n) is 3.97. The van der Waals surface area contributed by atoms with Crippen LogP contribution in [0.1, 0.15) is 30.4 Å². The topological polar surface area (TPSA) is 34.0 Å². The summed E-state index contributed by atoms with van der Waals surface area (Å²) >= 11 is 3.40. The summed E-state index contributed by atoms with van der Waals surface area (Å²) in [5, 5.41) is 2.90. The van der Waals surface area contributed by atoms with Crippen LogP contribution in [-0.2, 0) is 0 Å². The van der Waals surface area contributed by atoms with Crippen molar-refractivity contribution in [3.05, 3.63) is 22.4 Å². The van der Waals surface area contributed by atoms with Gasteiger partial charge >= 0.3 is 0 Å². The van der Waals surface area contributed by atoms with Crippen molar-refractivity contribution in [1.29, 1.82) is 0 Å². The average Bonchev–Trinajstić information content (AvgIpc) is 2.47. The van der Waals surface area contributed by atoms with Crippen LogP contribution in [0.4, 0.5) is 0 Å². The van der Waals surface area contributed by atoms with Gasteiger partial charge in [0.25, 0.3) is 5.91 Å². The Hall–Kier alpha value is -0.770. The third kappa shape index (κ3) is 1.47. The molecule has 1 atom stereocenters. The molecule has 1 N–H and O–H groups in total. The van der Waals surface area contributed by atoms with Crippen LogP contribution in [-0.4, -0.2) is 17.0 Å². The number of nitrogens with zero attached hydrogens (tertiary/aromatic N) is 1. The SMILES string of the molecule is CC(C)C1CNC(=O)c2cc(Br)cn21. The summed E-state index contributed by atoms with van der Waals surface area (Å²) < 4.78 is 3.03. The number of halogens is 1. The first kappa shape index (κ1) is 9.77. The Balaban J connectivity index is 2.46. The van der Waals surface area contributed by atoms with Gasteiger partial charge in [-0.15, -0.1) is 0 Å². The van der Waals surface area contributed by atoms with Gasteiger partial charge in [-0.2, -0.15) is 0 Å². The van der Waals surface area contributed by atoms with Crippen molar-refractivity contribution >= 4 is 21.8 Å². The fraction of sp³-hybridized carbons (Fsp3) is 0.500. The number of hydrogen-bond acceptors (Lipinski definition) is 1. The molecule has 0 aliphatic carbocycles. The molecule has 2 heterocycles. The van der Waals surface area contributed by atoms with E-state index >= 15 is 0 Å². The summed E-state index contributed by atoms with van der Waals surface area (Å²) in [4.78, 5) is 11.5. The minimum absolute atomic E-state index is 0.0209. The molecule has 0 aromatic carbocycles. The molecule has 0 saturated carbocycles. The fourth-order valence-electron chi connectivity index (χ4n) is 1.85. The van der Waals surface area contributed by atoms with Crippen molar-refractivity contribution in [1.82, 2.24) is 9.88 Å². The quantitative estimate of drug-likeness (QED) is 0.822. The van der Waals surface area contributed by atoms with Crippen LogP contribution in [0.2, 0.25) is 0 Å². The van der Waals surface area contributed by atoms with E-state index in [4.69, 9.17) is 0 Å². The molecular formula is C10H13BrN2O. The zero-order chi connectivity index (χ0) is 10.3. The Morgan fingerprint density at radius 2 is 2.36 bits per heavy atom. The number of amides is 1. The van der Waals surface area contributed by atoms with E-state index < -0.39 is 0 Å². The molecule has 1 aliphatic heterocycles. The first-order chi connectivity index (χ1) is 6.59. The Kier molecular flexibility index (Phi) is 2.39. The van der Waals surface area contributed by atoms with Gasteiger partial charge in [0, 0.05) is 17.2 Å². The van der Waals surface area contributed by atoms with Crippen LogP contribution in [0.5, 0.6) is 0 Å². The molecule has 1 unspecified atom stereocenters. The number of aromatic nitrogens is 1. The van der Waals surface area contributed by atoms with Crippen LogP contribution in [0.15, 0.2) is 16.7 Å². The zero-order valence-corrected chi connectivity index (χ0v) is 9.84. The molecule has 0 saturated heterocycles. The van der Waals surface area contributed by atoms with Crippen LogP contribution in [0.25, 0.3) is 0 Å². The molecular weight excluding hydrogens is 244 g/mol. The standard InChI is InChI=1S/C10H13BrN2O/c1-6(2)9-4-12-10(14)8-3-7(11)5-13(8)9/h3,5-6,9H,4H2,1-2H3,(H,12,14). The Labute approximate surface area is 91.6 Å². The van der Waals surface area contributed by atoms with E-state index in [0.717, 1.165) is 16.7 Å². The van der Waals surface area contributed by atoms with Gasteiger partial charge in [-0.3, -0.25) is 4.79 Å². The maximum absolute atomic E-state index is 11.5. The third-order valence-corrected chi connectivity index (χ3v) is 3.08. The summed E-state index contributed by atoms with van der Waals surface area (Å²) in [7, 11) is 0. The van der Waals surface area contributed by atoms with Gasteiger partial charge in [0.15, 0.2) is 0 Å². The van der Waals surface area contributed by atoms with Crippen LogP contribution in [0, 0.1) is 5.92 Å². The summed E-state index contributed by atoms with van der Waals surface area (Å²) in [5.41, 5.74) is 0.752. The molecule has 0 spiro atoms. The Morgan fingerprint density at radius 3 is 3.00 bits per heavy atom. The second-order valence-corrected chi connectivity index (χ2v) is 4.89. The van der Waals surface area contributed by atoms with Crippen molar-refractivity contribution in [3.8, 4) is 0 Å². The van der Waals surface area contributed by atoms with Crippen molar-refractivity contribution < 1.29 is 4.79 Å². The van der Waals surface area contributed by atoms with E-state index in [9.17, 15) is 4.79 Å². The van der Waals surface area contributed by atoms with Crippen LogP contribution >= 0.6 is 15.9 Å². The van der Waals surface area contributed by atoms with E-state index in [1.807, 2.05) is 12.3 Å². The molecule has 1 aromatic rings. The number of fused-ring (bicyclic) bond motifs is 1. The molecule has 0 radical (unpaired) electrons. The maximum Gasteiger partial charge on any atom is 0.268 e. The molecule has 0 fully saturated rings.